The van der Waals surface area contributed by atoms with Crippen molar-refractivity contribution >= 4 is 29.0 Å². The molecule has 1 fully saturated rings. The van der Waals surface area contributed by atoms with Gasteiger partial charge in [-0.25, -0.2) is 0 Å². The van der Waals surface area contributed by atoms with E-state index in [1.807, 2.05) is 29.3 Å². The summed E-state index contributed by atoms with van der Waals surface area (Å²) < 4.78 is 0. The summed E-state index contributed by atoms with van der Waals surface area (Å²) in [6.45, 7) is 2.17. The van der Waals surface area contributed by atoms with Crippen LogP contribution in [0.2, 0.25) is 0 Å². The van der Waals surface area contributed by atoms with E-state index in [9.17, 15) is 4.79 Å². The second-order valence-electron chi connectivity index (χ2n) is 4.53. The van der Waals surface area contributed by atoms with Crippen LogP contribution >= 0.6 is 23.1 Å². The third kappa shape index (κ3) is 3.28. The van der Waals surface area contributed by atoms with Crippen LogP contribution in [-0.4, -0.2) is 23.0 Å². The fourth-order valence-corrected chi connectivity index (χ4v) is 4.30. The molecular formula is C13H20N2OS2. The summed E-state index contributed by atoms with van der Waals surface area (Å²) in [6.07, 6.45) is 3.50. The standard InChI is InChI=1S/C13H20N2OS2/c1-2-17-10-6-3-5-9(10)15-13(16)12(14)11-7-4-8-18-11/h4,7-10,12H,2-3,5-6,14H2,1H3,(H,15,16). The number of hydrogen-bond acceptors (Lipinski definition) is 4. The van der Waals surface area contributed by atoms with E-state index in [-0.39, 0.29) is 5.91 Å². The lowest BCUT2D eigenvalue weighted by Gasteiger charge is -2.21. The predicted octanol–water partition coefficient (Wildman–Crippen LogP) is 2.54. The molecule has 0 bridgehead atoms. The zero-order chi connectivity index (χ0) is 13.0. The van der Waals surface area contributed by atoms with Crippen LogP contribution in [0.1, 0.15) is 37.1 Å². The van der Waals surface area contributed by atoms with E-state index in [2.05, 4.69) is 12.2 Å². The van der Waals surface area contributed by atoms with Gasteiger partial charge in [0, 0.05) is 16.2 Å². The predicted molar refractivity (Wildman–Crippen MR) is 78.9 cm³/mol. The van der Waals surface area contributed by atoms with Crippen molar-refractivity contribution in [1.82, 2.24) is 5.32 Å². The van der Waals surface area contributed by atoms with Gasteiger partial charge in [-0.3, -0.25) is 4.79 Å². The van der Waals surface area contributed by atoms with Gasteiger partial charge in [-0.15, -0.1) is 11.3 Å². The molecule has 1 saturated carbocycles. The molecule has 3 atom stereocenters. The molecule has 1 aromatic rings. The highest BCUT2D eigenvalue weighted by Crippen LogP contribution is 2.30. The number of nitrogens with one attached hydrogen (secondary N) is 1. The second kappa shape index (κ2) is 6.59. The smallest absolute Gasteiger partial charge is 0.242 e. The number of rotatable bonds is 5. The monoisotopic (exact) mass is 284 g/mol. The maximum absolute atomic E-state index is 12.1. The average Bonchev–Trinajstić information content (AvgIpc) is 3.00. The van der Waals surface area contributed by atoms with Gasteiger partial charge in [-0.1, -0.05) is 19.4 Å². The molecular weight excluding hydrogens is 264 g/mol. The minimum absolute atomic E-state index is 0.0361. The summed E-state index contributed by atoms with van der Waals surface area (Å²) in [6, 6.07) is 3.63. The van der Waals surface area contributed by atoms with Crippen LogP contribution in [0.5, 0.6) is 0 Å². The van der Waals surface area contributed by atoms with Crippen LogP contribution in [0.25, 0.3) is 0 Å². The maximum Gasteiger partial charge on any atom is 0.242 e. The molecule has 1 aliphatic rings. The Bertz CT molecular complexity index is 380. The zero-order valence-electron chi connectivity index (χ0n) is 10.6. The highest BCUT2D eigenvalue weighted by Gasteiger charge is 2.30. The van der Waals surface area contributed by atoms with Crippen molar-refractivity contribution in [2.45, 2.75) is 43.5 Å². The number of amides is 1. The number of nitrogens with two attached hydrogens (primary N) is 1. The first-order valence-electron chi connectivity index (χ1n) is 6.43. The molecule has 5 heteroatoms. The third-order valence-electron chi connectivity index (χ3n) is 3.29. The minimum Gasteiger partial charge on any atom is -0.351 e. The fraction of sp³-hybridized carbons (Fsp3) is 0.615. The lowest BCUT2D eigenvalue weighted by molar-refractivity contribution is -0.123. The molecule has 3 unspecified atom stereocenters. The van der Waals surface area contributed by atoms with E-state index in [1.165, 1.54) is 24.2 Å². The molecule has 0 aliphatic heterocycles. The summed E-state index contributed by atoms with van der Waals surface area (Å²) in [4.78, 5) is 13.0. The molecule has 0 radical (unpaired) electrons. The number of thioether (sulfide) groups is 1. The largest absolute Gasteiger partial charge is 0.351 e. The number of thiophene rings is 1. The Hall–Kier alpha value is -0.520. The van der Waals surface area contributed by atoms with Gasteiger partial charge >= 0.3 is 0 Å². The van der Waals surface area contributed by atoms with Crippen LogP contribution < -0.4 is 11.1 Å². The van der Waals surface area contributed by atoms with Gasteiger partial charge in [0.15, 0.2) is 0 Å². The molecule has 100 valence electrons. The molecule has 1 amide bonds. The van der Waals surface area contributed by atoms with Crippen LogP contribution in [0, 0.1) is 0 Å². The maximum atomic E-state index is 12.1. The molecule has 18 heavy (non-hydrogen) atoms. The molecule has 1 aliphatic carbocycles. The van der Waals surface area contributed by atoms with E-state index in [1.54, 1.807) is 0 Å². The van der Waals surface area contributed by atoms with Gasteiger partial charge < -0.3 is 11.1 Å². The molecule has 3 N–H and O–H groups in total. The molecule has 0 aromatic carbocycles. The Labute approximate surface area is 117 Å². The van der Waals surface area contributed by atoms with Crippen molar-refractivity contribution in [3.8, 4) is 0 Å². The molecule has 1 heterocycles. The highest BCUT2D eigenvalue weighted by atomic mass is 32.2. The van der Waals surface area contributed by atoms with Crippen LogP contribution in [0.4, 0.5) is 0 Å². The van der Waals surface area contributed by atoms with Crippen molar-refractivity contribution < 1.29 is 4.79 Å². The summed E-state index contributed by atoms with van der Waals surface area (Å²) in [5.41, 5.74) is 5.97. The Morgan fingerprint density at radius 3 is 3.17 bits per heavy atom. The summed E-state index contributed by atoms with van der Waals surface area (Å²) in [5.74, 6) is 1.07. The molecule has 2 rings (SSSR count). The van der Waals surface area contributed by atoms with Gasteiger partial charge in [0.2, 0.25) is 5.91 Å². The van der Waals surface area contributed by atoms with E-state index < -0.39 is 6.04 Å². The van der Waals surface area contributed by atoms with Crippen LogP contribution in [0.15, 0.2) is 17.5 Å². The number of hydrogen-bond donors (Lipinski definition) is 2. The topological polar surface area (TPSA) is 55.1 Å². The van der Waals surface area contributed by atoms with Gasteiger partial charge in [0.05, 0.1) is 0 Å². The quantitative estimate of drug-likeness (QED) is 0.873. The average molecular weight is 284 g/mol. The van der Waals surface area contributed by atoms with E-state index >= 15 is 0 Å². The Morgan fingerprint density at radius 2 is 2.50 bits per heavy atom. The Morgan fingerprint density at radius 1 is 1.67 bits per heavy atom. The Balaban J connectivity index is 1.90. The molecule has 0 spiro atoms. The Kier molecular flexibility index (Phi) is 5.09. The second-order valence-corrected chi connectivity index (χ2v) is 7.03. The van der Waals surface area contributed by atoms with Crippen molar-refractivity contribution in [2.75, 3.05) is 5.75 Å². The van der Waals surface area contributed by atoms with Crippen molar-refractivity contribution in [3.63, 3.8) is 0 Å². The van der Waals surface area contributed by atoms with E-state index in [0.717, 1.165) is 17.1 Å². The van der Waals surface area contributed by atoms with Gasteiger partial charge in [0.1, 0.15) is 6.04 Å². The summed E-state index contributed by atoms with van der Waals surface area (Å²) >= 11 is 3.48. The van der Waals surface area contributed by atoms with Crippen molar-refractivity contribution in [2.24, 2.45) is 5.73 Å². The first kappa shape index (κ1) is 13.9. The molecule has 3 nitrogen and oxygen atoms in total. The third-order valence-corrected chi connectivity index (χ3v) is 5.57. The van der Waals surface area contributed by atoms with E-state index in [0.29, 0.717) is 11.3 Å². The highest BCUT2D eigenvalue weighted by molar-refractivity contribution is 7.99. The van der Waals surface area contributed by atoms with E-state index in [4.69, 9.17) is 5.73 Å². The SMILES string of the molecule is CCSC1CCCC1NC(=O)C(N)c1cccs1. The van der Waals surface area contributed by atoms with Gasteiger partial charge in [-0.05, 0) is 30.0 Å². The zero-order valence-corrected chi connectivity index (χ0v) is 12.2. The number of carbonyl (C=O) groups is 1. The van der Waals surface area contributed by atoms with Crippen LogP contribution in [-0.2, 0) is 4.79 Å². The fourth-order valence-electron chi connectivity index (χ4n) is 2.37. The van der Waals surface area contributed by atoms with Crippen LogP contribution in [0.3, 0.4) is 0 Å². The van der Waals surface area contributed by atoms with Crippen molar-refractivity contribution in [1.29, 1.82) is 0 Å². The first-order valence-corrected chi connectivity index (χ1v) is 8.36. The van der Waals surface area contributed by atoms with Gasteiger partial charge in [-0.2, -0.15) is 11.8 Å². The summed E-state index contributed by atoms with van der Waals surface area (Å²) in [7, 11) is 0. The minimum atomic E-state index is -0.516. The lowest BCUT2D eigenvalue weighted by Crippen LogP contribution is -2.43. The molecule has 0 saturated heterocycles. The molecule has 1 aromatic heterocycles. The normalized spacial score (nSPS) is 25.0. The lowest BCUT2D eigenvalue weighted by atomic mass is 10.2. The van der Waals surface area contributed by atoms with Gasteiger partial charge in [0.25, 0.3) is 0 Å². The first-order chi connectivity index (χ1) is 8.72. The van der Waals surface area contributed by atoms with Crippen molar-refractivity contribution in [3.05, 3.63) is 22.4 Å². The summed E-state index contributed by atoms with van der Waals surface area (Å²) in [5, 5.41) is 5.64. The number of carbonyl (C=O) groups excluding carboxylic acids is 1.